The summed E-state index contributed by atoms with van der Waals surface area (Å²) in [5.41, 5.74) is 3.40. The predicted molar refractivity (Wildman–Crippen MR) is 100 cm³/mol. The van der Waals surface area contributed by atoms with E-state index in [4.69, 9.17) is 32.4 Å². The number of aryl methyl sites for hydroxylation is 1. The Balaban J connectivity index is 1.87. The first-order valence-corrected chi connectivity index (χ1v) is 8.60. The van der Waals surface area contributed by atoms with Gasteiger partial charge in [-0.15, -0.1) is 0 Å². The molecule has 1 aliphatic rings. The van der Waals surface area contributed by atoms with Gasteiger partial charge in [0.25, 0.3) is 0 Å². The number of hydrogen-bond donors (Lipinski definition) is 0. The van der Waals surface area contributed by atoms with Crippen molar-refractivity contribution in [2.75, 3.05) is 11.6 Å². The number of rotatable bonds is 1. The van der Waals surface area contributed by atoms with Crippen molar-refractivity contribution in [3.8, 4) is 5.75 Å². The molecule has 0 saturated heterocycles. The molecule has 0 unspecified atom stereocenters. The average molecular weight is 376 g/mol. The van der Waals surface area contributed by atoms with Gasteiger partial charge in [-0.25, -0.2) is 4.79 Å². The molecule has 0 spiro atoms. The molecule has 1 aromatic heterocycles. The van der Waals surface area contributed by atoms with E-state index in [1.165, 1.54) is 0 Å². The van der Waals surface area contributed by atoms with Gasteiger partial charge in [-0.1, -0.05) is 29.3 Å². The van der Waals surface area contributed by atoms with Crippen molar-refractivity contribution in [2.24, 2.45) is 0 Å². The van der Waals surface area contributed by atoms with Gasteiger partial charge in [0.2, 0.25) is 0 Å². The highest BCUT2D eigenvalue weighted by Crippen LogP contribution is 2.38. The predicted octanol–water partition coefficient (Wildman–Crippen LogP) is 5.07. The van der Waals surface area contributed by atoms with E-state index in [1.807, 2.05) is 36.1 Å². The van der Waals surface area contributed by atoms with Crippen LogP contribution in [0.4, 0.5) is 5.69 Å². The Morgan fingerprint density at radius 3 is 2.68 bits per heavy atom. The molecule has 1 aliphatic heterocycles. The van der Waals surface area contributed by atoms with Crippen LogP contribution in [-0.4, -0.2) is 6.73 Å². The third kappa shape index (κ3) is 2.57. The smallest absolute Gasteiger partial charge is 0.339 e. The molecule has 0 amide bonds. The molecule has 0 saturated carbocycles. The SMILES string of the molecule is Cc1c(C)c2ccc3c(c2oc1=O)CN(c1cccc(Cl)c1Cl)CO3. The van der Waals surface area contributed by atoms with E-state index in [-0.39, 0.29) is 5.63 Å². The fourth-order valence-corrected chi connectivity index (χ4v) is 3.52. The Morgan fingerprint density at radius 1 is 1.08 bits per heavy atom. The average Bonchev–Trinajstić information content (AvgIpc) is 2.61. The standard InChI is InChI=1S/C19H15Cl2NO3/c1-10-11(2)19(23)25-18-12(10)6-7-16-13(18)8-22(9-24-16)15-5-3-4-14(20)17(15)21/h3-7H,8-9H2,1-2H3. The van der Waals surface area contributed by atoms with Gasteiger partial charge in [0.15, 0.2) is 6.73 Å². The fourth-order valence-electron chi connectivity index (χ4n) is 3.11. The normalized spacial score (nSPS) is 13.7. The molecule has 4 nitrogen and oxygen atoms in total. The van der Waals surface area contributed by atoms with Crippen LogP contribution in [0.5, 0.6) is 5.75 Å². The fraction of sp³-hybridized carbons (Fsp3) is 0.211. The van der Waals surface area contributed by atoms with Gasteiger partial charge in [0.05, 0.1) is 27.8 Å². The molecule has 0 fully saturated rings. The quantitative estimate of drug-likeness (QED) is 0.556. The van der Waals surface area contributed by atoms with Gasteiger partial charge in [0, 0.05) is 10.9 Å². The highest BCUT2D eigenvalue weighted by molar-refractivity contribution is 6.43. The lowest BCUT2D eigenvalue weighted by molar-refractivity contribution is 0.289. The molecule has 0 bridgehead atoms. The molecule has 2 heterocycles. The lowest BCUT2D eigenvalue weighted by Crippen LogP contribution is -2.32. The lowest BCUT2D eigenvalue weighted by atomic mass is 10.0. The second kappa shape index (κ2) is 5.97. The highest BCUT2D eigenvalue weighted by atomic mass is 35.5. The lowest BCUT2D eigenvalue weighted by Gasteiger charge is -2.31. The Labute approximate surface area is 154 Å². The topological polar surface area (TPSA) is 42.7 Å². The highest BCUT2D eigenvalue weighted by Gasteiger charge is 2.24. The molecular formula is C19H15Cl2NO3. The molecule has 4 rings (SSSR count). The second-order valence-corrected chi connectivity index (χ2v) is 6.89. The summed E-state index contributed by atoms with van der Waals surface area (Å²) in [7, 11) is 0. The number of halogens is 2. The van der Waals surface area contributed by atoms with Crippen LogP contribution in [0, 0.1) is 13.8 Å². The van der Waals surface area contributed by atoms with Crippen LogP contribution in [0.15, 0.2) is 39.5 Å². The van der Waals surface area contributed by atoms with Gasteiger partial charge >= 0.3 is 5.63 Å². The molecular weight excluding hydrogens is 361 g/mol. The van der Waals surface area contributed by atoms with Crippen molar-refractivity contribution in [1.29, 1.82) is 0 Å². The zero-order chi connectivity index (χ0) is 17.7. The van der Waals surface area contributed by atoms with Crippen molar-refractivity contribution in [3.05, 3.63) is 67.5 Å². The van der Waals surface area contributed by atoms with Crippen LogP contribution < -0.4 is 15.3 Å². The number of ether oxygens (including phenoxy) is 1. The van der Waals surface area contributed by atoms with Crippen LogP contribution >= 0.6 is 23.2 Å². The Kier molecular flexibility index (Phi) is 3.89. The van der Waals surface area contributed by atoms with E-state index in [0.29, 0.717) is 40.2 Å². The largest absolute Gasteiger partial charge is 0.473 e. The summed E-state index contributed by atoms with van der Waals surface area (Å²) in [6.45, 7) is 4.55. The second-order valence-electron chi connectivity index (χ2n) is 6.10. The maximum atomic E-state index is 12.1. The molecule has 0 N–H and O–H groups in total. The third-order valence-corrected chi connectivity index (χ3v) is 5.49. The summed E-state index contributed by atoms with van der Waals surface area (Å²) in [5, 5.41) is 1.88. The zero-order valence-electron chi connectivity index (χ0n) is 13.7. The van der Waals surface area contributed by atoms with E-state index >= 15 is 0 Å². The van der Waals surface area contributed by atoms with E-state index in [1.54, 1.807) is 13.0 Å². The van der Waals surface area contributed by atoms with E-state index in [0.717, 1.165) is 22.2 Å². The molecule has 0 atom stereocenters. The Bertz CT molecular complexity index is 1060. The molecule has 3 aromatic rings. The van der Waals surface area contributed by atoms with Crippen LogP contribution in [0.2, 0.25) is 10.0 Å². The van der Waals surface area contributed by atoms with Crippen LogP contribution in [0.3, 0.4) is 0 Å². The van der Waals surface area contributed by atoms with E-state index < -0.39 is 0 Å². The van der Waals surface area contributed by atoms with Gasteiger partial charge in [-0.05, 0) is 43.7 Å². The number of nitrogens with zero attached hydrogens (tertiary/aromatic N) is 1. The summed E-state index contributed by atoms with van der Waals surface area (Å²) >= 11 is 12.5. The van der Waals surface area contributed by atoms with Gasteiger partial charge in [-0.2, -0.15) is 0 Å². The van der Waals surface area contributed by atoms with Crippen LogP contribution in [-0.2, 0) is 6.54 Å². The first-order chi connectivity index (χ1) is 12.0. The van der Waals surface area contributed by atoms with Crippen molar-refractivity contribution < 1.29 is 9.15 Å². The molecule has 6 heteroatoms. The summed E-state index contributed by atoms with van der Waals surface area (Å²) in [4.78, 5) is 14.1. The number of benzene rings is 2. The van der Waals surface area contributed by atoms with Gasteiger partial charge < -0.3 is 14.1 Å². The summed E-state index contributed by atoms with van der Waals surface area (Å²) in [5.74, 6) is 0.716. The zero-order valence-corrected chi connectivity index (χ0v) is 15.2. The first kappa shape index (κ1) is 16.3. The first-order valence-electron chi connectivity index (χ1n) is 7.85. The minimum atomic E-state index is -0.323. The molecule has 25 heavy (non-hydrogen) atoms. The Morgan fingerprint density at radius 2 is 1.88 bits per heavy atom. The minimum Gasteiger partial charge on any atom is -0.473 e. The summed E-state index contributed by atoms with van der Waals surface area (Å²) in [6.07, 6.45) is 0. The van der Waals surface area contributed by atoms with Crippen LogP contribution in [0.25, 0.3) is 11.0 Å². The maximum absolute atomic E-state index is 12.1. The molecule has 0 aliphatic carbocycles. The van der Waals surface area contributed by atoms with E-state index in [2.05, 4.69) is 0 Å². The third-order valence-electron chi connectivity index (χ3n) is 4.68. The minimum absolute atomic E-state index is 0.323. The summed E-state index contributed by atoms with van der Waals surface area (Å²) < 4.78 is 11.5. The molecule has 2 aromatic carbocycles. The van der Waals surface area contributed by atoms with Crippen molar-refractivity contribution in [2.45, 2.75) is 20.4 Å². The van der Waals surface area contributed by atoms with Crippen LogP contribution in [0.1, 0.15) is 16.7 Å². The van der Waals surface area contributed by atoms with Gasteiger partial charge in [0.1, 0.15) is 11.3 Å². The number of anilines is 1. The number of fused-ring (bicyclic) bond motifs is 3. The van der Waals surface area contributed by atoms with Crippen molar-refractivity contribution >= 4 is 39.9 Å². The van der Waals surface area contributed by atoms with Crippen molar-refractivity contribution in [1.82, 2.24) is 0 Å². The monoisotopic (exact) mass is 375 g/mol. The molecule has 0 radical (unpaired) electrons. The number of hydrogen-bond acceptors (Lipinski definition) is 4. The van der Waals surface area contributed by atoms with Gasteiger partial charge in [-0.3, -0.25) is 0 Å². The van der Waals surface area contributed by atoms with E-state index in [9.17, 15) is 4.79 Å². The maximum Gasteiger partial charge on any atom is 0.339 e. The molecule has 128 valence electrons. The van der Waals surface area contributed by atoms with Crippen molar-refractivity contribution in [3.63, 3.8) is 0 Å². The Hall–Kier alpha value is -2.17. The summed E-state index contributed by atoms with van der Waals surface area (Å²) in [6, 6.07) is 9.32.